The number of hydrogen-bond acceptors (Lipinski definition) is 3. The van der Waals surface area contributed by atoms with E-state index in [1.807, 2.05) is 42.5 Å². The Kier molecular flexibility index (Phi) is 5.55. The van der Waals surface area contributed by atoms with Gasteiger partial charge in [0.1, 0.15) is 0 Å². The molecule has 0 spiro atoms. The lowest BCUT2D eigenvalue weighted by Gasteiger charge is -2.07. The molecule has 0 atom stereocenters. The van der Waals surface area contributed by atoms with Crippen LogP contribution < -0.4 is 10.6 Å². The summed E-state index contributed by atoms with van der Waals surface area (Å²) in [7, 11) is 0. The lowest BCUT2D eigenvalue weighted by atomic mass is 10.3. The number of anilines is 1. The molecule has 0 bridgehead atoms. The molecule has 2 aromatic rings. The molecule has 104 valence electrons. The molecular weight excluding hydrogens is 318 g/mol. The second kappa shape index (κ2) is 7.65. The molecule has 0 saturated carbocycles. The lowest BCUT2D eigenvalue weighted by Crippen LogP contribution is -2.25. The fourth-order valence-corrected chi connectivity index (χ4v) is 1.93. The Bertz CT molecular complexity index is 543. The Morgan fingerprint density at radius 3 is 2.65 bits per heavy atom. The van der Waals surface area contributed by atoms with Crippen molar-refractivity contribution < 1.29 is 4.79 Å². The zero-order valence-corrected chi connectivity index (χ0v) is 12.6. The molecular formula is C15H16BrN3O. The molecule has 0 aliphatic heterocycles. The molecule has 1 aromatic heterocycles. The van der Waals surface area contributed by atoms with Crippen LogP contribution >= 0.6 is 15.9 Å². The number of carbonyl (C=O) groups excluding carboxylic acids is 1. The van der Waals surface area contributed by atoms with Crippen LogP contribution in [0, 0.1) is 0 Å². The van der Waals surface area contributed by atoms with E-state index in [0.29, 0.717) is 19.5 Å². The predicted molar refractivity (Wildman–Crippen MR) is 83.3 cm³/mol. The molecule has 5 heteroatoms. The van der Waals surface area contributed by atoms with Gasteiger partial charge in [0, 0.05) is 29.3 Å². The average molecular weight is 334 g/mol. The highest BCUT2D eigenvalue weighted by Crippen LogP contribution is 2.13. The maximum Gasteiger partial charge on any atom is 0.222 e. The average Bonchev–Trinajstić information content (AvgIpc) is 2.48. The van der Waals surface area contributed by atoms with E-state index in [1.54, 1.807) is 6.20 Å². The van der Waals surface area contributed by atoms with Gasteiger partial charge in [0.2, 0.25) is 5.91 Å². The van der Waals surface area contributed by atoms with E-state index >= 15 is 0 Å². The summed E-state index contributed by atoms with van der Waals surface area (Å²) in [5, 5.41) is 6.05. The molecule has 0 unspecified atom stereocenters. The van der Waals surface area contributed by atoms with Crippen LogP contribution in [0.15, 0.2) is 53.1 Å². The van der Waals surface area contributed by atoms with Crippen molar-refractivity contribution in [3.63, 3.8) is 0 Å². The first-order chi connectivity index (χ1) is 9.74. The summed E-state index contributed by atoms with van der Waals surface area (Å²) >= 11 is 3.38. The van der Waals surface area contributed by atoms with Crippen molar-refractivity contribution in [1.82, 2.24) is 10.3 Å². The number of aromatic nitrogens is 1. The molecule has 2 N–H and O–H groups in total. The molecule has 0 fully saturated rings. The third-order valence-electron chi connectivity index (χ3n) is 2.72. The molecule has 20 heavy (non-hydrogen) atoms. The van der Waals surface area contributed by atoms with Crippen LogP contribution in [0.5, 0.6) is 0 Å². The Morgan fingerprint density at radius 2 is 1.95 bits per heavy atom. The number of rotatable bonds is 6. The summed E-state index contributed by atoms with van der Waals surface area (Å²) < 4.78 is 1.04. The first-order valence-corrected chi connectivity index (χ1v) is 7.19. The summed E-state index contributed by atoms with van der Waals surface area (Å²) in [6.07, 6.45) is 2.15. The number of nitrogens with zero attached hydrogens (tertiary/aromatic N) is 1. The number of benzene rings is 1. The Balaban J connectivity index is 1.66. The van der Waals surface area contributed by atoms with Crippen molar-refractivity contribution in [3.8, 4) is 0 Å². The molecule has 2 rings (SSSR count). The molecule has 0 saturated heterocycles. The van der Waals surface area contributed by atoms with Crippen LogP contribution in [0.25, 0.3) is 0 Å². The number of carbonyl (C=O) groups is 1. The minimum Gasteiger partial charge on any atom is -0.385 e. The van der Waals surface area contributed by atoms with Gasteiger partial charge in [0.15, 0.2) is 0 Å². The standard InChI is InChI=1S/C15H16BrN3O/c16-12-4-6-13(7-5-12)18-10-8-15(20)19-11-14-3-1-2-9-17-14/h1-7,9,18H,8,10-11H2,(H,19,20). The van der Waals surface area contributed by atoms with Gasteiger partial charge in [-0.15, -0.1) is 0 Å². The minimum atomic E-state index is 0.0141. The summed E-state index contributed by atoms with van der Waals surface area (Å²) in [5.74, 6) is 0.0141. The maximum absolute atomic E-state index is 11.7. The van der Waals surface area contributed by atoms with Crippen molar-refractivity contribution >= 4 is 27.5 Å². The van der Waals surface area contributed by atoms with Crippen LogP contribution in [0.2, 0.25) is 0 Å². The molecule has 1 aromatic carbocycles. The number of halogens is 1. The maximum atomic E-state index is 11.7. The van der Waals surface area contributed by atoms with Gasteiger partial charge in [0.25, 0.3) is 0 Å². The highest BCUT2D eigenvalue weighted by Gasteiger charge is 2.01. The summed E-state index contributed by atoms with van der Waals surface area (Å²) in [6.45, 7) is 1.08. The van der Waals surface area contributed by atoms with Gasteiger partial charge in [-0.25, -0.2) is 0 Å². The molecule has 4 nitrogen and oxygen atoms in total. The van der Waals surface area contributed by atoms with Crippen molar-refractivity contribution in [3.05, 3.63) is 58.8 Å². The molecule has 1 amide bonds. The highest BCUT2D eigenvalue weighted by molar-refractivity contribution is 9.10. The fourth-order valence-electron chi connectivity index (χ4n) is 1.67. The molecule has 0 radical (unpaired) electrons. The van der Waals surface area contributed by atoms with E-state index in [9.17, 15) is 4.79 Å². The largest absolute Gasteiger partial charge is 0.385 e. The SMILES string of the molecule is O=C(CCNc1ccc(Br)cc1)NCc1ccccn1. The summed E-state index contributed by atoms with van der Waals surface area (Å²) in [5.41, 5.74) is 1.87. The Morgan fingerprint density at radius 1 is 1.15 bits per heavy atom. The number of amides is 1. The fraction of sp³-hybridized carbons (Fsp3) is 0.200. The van der Waals surface area contributed by atoms with Gasteiger partial charge in [-0.1, -0.05) is 22.0 Å². The Hall–Kier alpha value is -1.88. The number of pyridine rings is 1. The summed E-state index contributed by atoms with van der Waals surface area (Å²) in [6, 6.07) is 13.5. The molecule has 0 aliphatic rings. The van der Waals surface area contributed by atoms with Crippen molar-refractivity contribution in [2.24, 2.45) is 0 Å². The first kappa shape index (κ1) is 14.5. The van der Waals surface area contributed by atoms with Crippen molar-refractivity contribution in [1.29, 1.82) is 0 Å². The van der Waals surface area contributed by atoms with Gasteiger partial charge < -0.3 is 10.6 Å². The van der Waals surface area contributed by atoms with E-state index in [0.717, 1.165) is 15.9 Å². The highest BCUT2D eigenvalue weighted by atomic mass is 79.9. The van der Waals surface area contributed by atoms with Crippen molar-refractivity contribution in [2.45, 2.75) is 13.0 Å². The van der Waals surface area contributed by atoms with E-state index in [-0.39, 0.29) is 5.91 Å². The van der Waals surface area contributed by atoms with E-state index in [2.05, 4.69) is 31.5 Å². The minimum absolute atomic E-state index is 0.0141. The first-order valence-electron chi connectivity index (χ1n) is 6.40. The Labute approximate surface area is 126 Å². The van der Waals surface area contributed by atoms with E-state index in [1.165, 1.54) is 0 Å². The summed E-state index contributed by atoms with van der Waals surface area (Å²) in [4.78, 5) is 15.8. The third-order valence-corrected chi connectivity index (χ3v) is 3.25. The van der Waals surface area contributed by atoms with Crippen LogP contribution in [0.3, 0.4) is 0 Å². The topological polar surface area (TPSA) is 54.0 Å². The second-order valence-corrected chi connectivity index (χ2v) is 5.20. The quantitative estimate of drug-likeness (QED) is 0.854. The van der Waals surface area contributed by atoms with Gasteiger partial charge in [-0.05, 0) is 36.4 Å². The zero-order valence-electron chi connectivity index (χ0n) is 11.0. The third kappa shape index (κ3) is 5.01. The van der Waals surface area contributed by atoms with E-state index in [4.69, 9.17) is 0 Å². The molecule has 1 heterocycles. The van der Waals surface area contributed by atoms with Gasteiger partial charge in [0.05, 0.1) is 12.2 Å². The van der Waals surface area contributed by atoms with Crippen LogP contribution in [-0.2, 0) is 11.3 Å². The van der Waals surface area contributed by atoms with Crippen LogP contribution in [-0.4, -0.2) is 17.4 Å². The lowest BCUT2D eigenvalue weighted by molar-refractivity contribution is -0.121. The number of nitrogens with one attached hydrogen (secondary N) is 2. The normalized spacial score (nSPS) is 10.1. The number of hydrogen-bond donors (Lipinski definition) is 2. The van der Waals surface area contributed by atoms with Gasteiger partial charge >= 0.3 is 0 Å². The van der Waals surface area contributed by atoms with Gasteiger partial charge in [-0.3, -0.25) is 9.78 Å². The van der Waals surface area contributed by atoms with Gasteiger partial charge in [-0.2, -0.15) is 0 Å². The van der Waals surface area contributed by atoms with Crippen LogP contribution in [0.1, 0.15) is 12.1 Å². The van der Waals surface area contributed by atoms with Crippen molar-refractivity contribution in [2.75, 3.05) is 11.9 Å². The van der Waals surface area contributed by atoms with E-state index < -0.39 is 0 Å². The smallest absolute Gasteiger partial charge is 0.222 e. The zero-order chi connectivity index (χ0) is 14.2. The monoisotopic (exact) mass is 333 g/mol. The predicted octanol–water partition coefficient (Wildman–Crippen LogP) is 2.96. The second-order valence-electron chi connectivity index (χ2n) is 4.28. The molecule has 0 aliphatic carbocycles. The van der Waals surface area contributed by atoms with Crippen LogP contribution in [0.4, 0.5) is 5.69 Å².